The van der Waals surface area contributed by atoms with Crippen molar-refractivity contribution in [1.29, 1.82) is 0 Å². The summed E-state index contributed by atoms with van der Waals surface area (Å²) in [5.41, 5.74) is 3.25. The van der Waals surface area contributed by atoms with E-state index >= 15 is 0 Å². The minimum atomic E-state index is -0.203. The number of aromatic nitrogens is 2. The molecular weight excluding hydrogens is 267 g/mol. The third kappa shape index (κ3) is 3.03. The first-order chi connectivity index (χ1) is 10.1. The molecule has 2 aromatic rings. The molecule has 0 fully saturated rings. The predicted octanol–water partition coefficient (Wildman–Crippen LogP) is 2.24. The molecule has 1 aliphatic rings. The van der Waals surface area contributed by atoms with Gasteiger partial charge in [-0.2, -0.15) is 0 Å². The first-order valence-electron chi connectivity index (χ1n) is 7.10. The van der Waals surface area contributed by atoms with Crippen molar-refractivity contribution in [2.75, 3.05) is 25.5 Å². The normalized spacial score (nSPS) is 14.8. The van der Waals surface area contributed by atoms with Crippen molar-refractivity contribution in [2.45, 2.75) is 19.5 Å². The first-order valence-corrected chi connectivity index (χ1v) is 7.10. The van der Waals surface area contributed by atoms with E-state index in [9.17, 15) is 4.39 Å². The smallest absolute Gasteiger partial charge is 0.136 e. The van der Waals surface area contributed by atoms with E-state index in [-0.39, 0.29) is 5.82 Å². The molecule has 110 valence electrons. The molecule has 0 saturated heterocycles. The van der Waals surface area contributed by atoms with Crippen molar-refractivity contribution in [3.05, 3.63) is 53.2 Å². The molecule has 21 heavy (non-hydrogen) atoms. The lowest BCUT2D eigenvalue weighted by atomic mass is 10.1. The predicted molar refractivity (Wildman–Crippen MR) is 80.6 cm³/mol. The van der Waals surface area contributed by atoms with Gasteiger partial charge in [0.2, 0.25) is 0 Å². The Hall–Kier alpha value is -2.01. The minimum absolute atomic E-state index is 0.203. The molecule has 0 amide bonds. The van der Waals surface area contributed by atoms with Crippen LogP contribution in [0, 0.1) is 5.82 Å². The van der Waals surface area contributed by atoms with E-state index in [0.717, 1.165) is 36.6 Å². The second-order valence-corrected chi connectivity index (χ2v) is 5.60. The summed E-state index contributed by atoms with van der Waals surface area (Å²) < 4.78 is 13.3. The van der Waals surface area contributed by atoms with Crippen LogP contribution in [0.2, 0.25) is 0 Å². The summed E-state index contributed by atoms with van der Waals surface area (Å²) in [5, 5.41) is 0. The van der Waals surface area contributed by atoms with Crippen molar-refractivity contribution < 1.29 is 4.39 Å². The van der Waals surface area contributed by atoms with E-state index in [4.69, 9.17) is 0 Å². The maximum Gasteiger partial charge on any atom is 0.136 e. The minimum Gasteiger partial charge on any atom is -0.355 e. The average Bonchev–Trinajstić information content (AvgIpc) is 2.46. The number of likely N-dealkylation sites (N-methyl/N-ethyl adjacent to an activating group) is 1. The van der Waals surface area contributed by atoms with E-state index in [0.29, 0.717) is 6.54 Å². The number of fused-ring (bicyclic) bond motifs is 1. The van der Waals surface area contributed by atoms with Crippen molar-refractivity contribution in [3.63, 3.8) is 0 Å². The number of anilines is 1. The Morgan fingerprint density at radius 1 is 1.33 bits per heavy atom. The Labute approximate surface area is 124 Å². The van der Waals surface area contributed by atoms with Crippen LogP contribution in [0.1, 0.15) is 16.8 Å². The third-order valence-corrected chi connectivity index (χ3v) is 3.84. The average molecular weight is 286 g/mol. The second-order valence-electron chi connectivity index (χ2n) is 5.60. The number of nitrogens with zero attached hydrogens (tertiary/aromatic N) is 4. The van der Waals surface area contributed by atoms with Crippen LogP contribution < -0.4 is 4.90 Å². The zero-order chi connectivity index (χ0) is 14.8. The van der Waals surface area contributed by atoms with Gasteiger partial charge >= 0.3 is 0 Å². The number of hydrogen-bond donors (Lipinski definition) is 0. The molecule has 4 nitrogen and oxygen atoms in total. The highest BCUT2D eigenvalue weighted by atomic mass is 19.1. The van der Waals surface area contributed by atoms with Gasteiger partial charge in [0.05, 0.1) is 5.69 Å². The molecule has 0 atom stereocenters. The van der Waals surface area contributed by atoms with Gasteiger partial charge in [-0.05, 0) is 24.7 Å². The van der Waals surface area contributed by atoms with Gasteiger partial charge in [0.15, 0.2) is 0 Å². The lowest BCUT2D eigenvalue weighted by Crippen LogP contribution is -2.30. The molecule has 0 spiro atoms. The molecule has 0 N–H and O–H groups in total. The van der Waals surface area contributed by atoms with Crippen LogP contribution in [0.15, 0.2) is 30.6 Å². The molecule has 1 aromatic heterocycles. The molecule has 0 bridgehead atoms. The summed E-state index contributed by atoms with van der Waals surface area (Å²) >= 11 is 0. The van der Waals surface area contributed by atoms with E-state index in [2.05, 4.69) is 26.8 Å². The summed E-state index contributed by atoms with van der Waals surface area (Å²) in [6, 6.07) is 6.70. The van der Waals surface area contributed by atoms with Crippen LogP contribution in [0.25, 0.3) is 0 Å². The molecule has 5 heteroatoms. The molecular formula is C16H19FN4. The van der Waals surface area contributed by atoms with Gasteiger partial charge in [-0.25, -0.2) is 14.4 Å². The summed E-state index contributed by atoms with van der Waals surface area (Å²) in [4.78, 5) is 13.2. The van der Waals surface area contributed by atoms with E-state index in [1.54, 1.807) is 18.5 Å². The Morgan fingerprint density at radius 2 is 2.19 bits per heavy atom. The Balaban J connectivity index is 1.86. The molecule has 1 aliphatic heterocycles. The van der Waals surface area contributed by atoms with Crippen LogP contribution in [0.3, 0.4) is 0 Å². The molecule has 0 aliphatic carbocycles. The molecule has 0 unspecified atom stereocenters. The maximum atomic E-state index is 13.3. The van der Waals surface area contributed by atoms with Crippen molar-refractivity contribution in [3.8, 4) is 0 Å². The van der Waals surface area contributed by atoms with Gasteiger partial charge < -0.3 is 9.80 Å². The number of halogens is 1. The van der Waals surface area contributed by atoms with Crippen molar-refractivity contribution in [1.82, 2.24) is 14.9 Å². The highest BCUT2D eigenvalue weighted by Gasteiger charge is 2.20. The molecule has 1 aromatic carbocycles. The SMILES string of the molecule is CN1CCc2ncnc(N(C)Cc3cccc(F)c3)c2C1. The lowest BCUT2D eigenvalue weighted by molar-refractivity contribution is 0.309. The summed E-state index contributed by atoms with van der Waals surface area (Å²) in [5.74, 6) is 0.737. The summed E-state index contributed by atoms with van der Waals surface area (Å²) in [7, 11) is 4.09. The molecule has 3 rings (SSSR count). The number of hydrogen-bond acceptors (Lipinski definition) is 4. The van der Waals surface area contributed by atoms with Gasteiger partial charge in [0.1, 0.15) is 18.0 Å². The number of benzene rings is 1. The fourth-order valence-electron chi connectivity index (χ4n) is 2.77. The van der Waals surface area contributed by atoms with Gasteiger partial charge in [0.25, 0.3) is 0 Å². The largest absolute Gasteiger partial charge is 0.355 e. The third-order valence-electron chi connectivity index (χ3n) is 3.84. The standard InChI is InChI=1S/C16H19FN4/c1-20-7-6-15-14(10-20)16(19-11-18-15)21(2)9-12-4-3-5-13(17)8-12/h3-5,8,11H,6-7,9-10H2,1-2H3. The second kappa shape index (κ2) is 5.77. The van der Waals surface area contributed by atoms with Gasteiger partial charge in [-0.3, -0.25) is 0 Å². The molecule has 0 saturated carbocycles. The fourth-order valence-corrected chi connectivity index (χ4v) is 2.77. The van der Waals surface area contributed by atoms with Crippen molar-refractivity contribution in [2.24, 2.45) is 0 Å². The zero-order valence-electron chi connectivity index (χ0n) is 12.4. The van der Waals surface area contributed by atoms with Crippen LogP contribution in [-0.2, 0) is 19.5 Å². The fraction of sp³-hybridized carbons (Fsp3) is 0.375. The van der Waals surface area contributed by atoms with Crippen LogP contribution >= 0.6 is 0 Å². The Bertz CT molecular complexity index is 644. The molecule has 2 heterocycles. The van der Waals surface area contributed by atoms with E-state index in [1.807, 2.05) is 13.1 Å². The Kier molecular flexibility index (Phi) is 3.84. The highest BCUT2D eigenvalue weighted by Crippen LogP contribution is 2.25. The number of rotatable bonds is 3. The highest BCUT2D eigenvalue weighted by molar-refractivity contribution is 5.49. The van der Waals surface area contributed by atoms with Crippen LogP contribution in [0.5, 0.6) is 0 Å². The topological polar surface area (TPSA) is 32.3 Å². The van der Waals surface area contributed by atoms with E-state index in [1.165, 1.54) is 11.6 Å². The first kappa shape index (κ1) is 13.9. The quantitative estimate of drug-likeness (QED) is 0.866. The Morgan fingerprint density at radius 3 is 3.00 bits per heavy atom. The van der Waals surface area contributed by atoms with Gasteiger partial charge in [0, 0.05) is 38.7 Å². The van der Waals surface area contributed by atoms with Crippen LogP contribution in [-0.4, -0.2) is 35.5 Å². The van der Waals surface area contributed by atoms with Gasteiger partial charge in [-0.15, -0.1) is 0 Å². The summed E-state index contributed by atoms with van der Waals surface area (Å²) in [6.07, 6.45) is 2.58. The summed E-state index contributed by atoms with van der Waals surface area (Å²) in [6.45, 7) is 2.51. The van der Waals surface area contributed by atoms with Gasteiger partial charge in [-0.1, -0.05) is 12.1 Å². The maximum absolute atomic E-state index is 13.3. The lowest BCUT2D eigenvalue weighted by Gasteiger charge is -2.28. The van der Waals surface area contributed by atoms with Crippen molar-refractivity contribution >= 4 is 5.82 Å². The van der Waals surface area contributed by atoms with Crippen LogP contribution in [0.4, 0.5) is 10.2 Å². The van der Waals surface area contributed by atoms with E-state index < -0.39 is 0 Å². The molecule has 0 radical (unpaired) electrons. The monoisotopic (exact) mass is 286 g/mol. The zero-order valence-corrected chi connectivity index (χ0v) is 12.4.